The molecule has 1 atom stereocenters. The van der Waals surface area contributed by atoms with Crippen molar-refractivity contribution in [3.05, 3.63) is 70.7 Å². The van der Waals surface area contributed by atoms with E-state index in [1.807, 2.05) is 61.5 Å². The average molecular weight is 317 g/mol. The summed E-state index contributed by atoms with van der Waals surface area (Å²) in [6.45, 7) is 3.17. The molecule has 1 unspecified atom stereocenters. The Morgan fingerprint density at radius 2 is 1.91 bits per heavy atom. The normalized spacial score (nSPS) is 12.0. The maximum atomic E-state index is 12.5. The molecule has 0 aliphatic rings. The van der Waals surface area contributed by atoms with Crippen LogP contribution in [-0.2, 0) is 11.3 Å². The first-order valence-corrected chi connectivity index (χ1v) is 7.80. The van der Waals surface area contributed by atoms with Gasteiger partial charge in [-0.05, 0) is 30.2 Å². The van der Waals surface area contributed by atoms with Gasteiger partial charge in [-0.15, -0.1) is 0 Å². The molecule has 116 valence electrons. The Labute approximate surface area is 136 Å². The van der Waals surface area contributed by atoms with Gasteiger partial charge in [-0.1, -0.05) is 54.1 Å². The van der Waals surface area contributed by atoms with Gasteiger partial charge in [0.2, 0.25) is 5.91 Å². The molecule has 22 heavy (non-hydrogen) atoms. The molecule has 2 rings (SSSR count). The average Bonchev–Trinajstić information content (AvgIpc) is 2.53. The van der Waals surface area contributed by atoms with E-state index in [4.69, 9.17) is 17.3 Å². The summed E-state index contributed by atoms with van der Waals surface area (Å²) in [6.07, 6.45) is 0.304. The zero-order chi connectivity index (χ0) is 15.9. The van der Waals surface area contributed by atoms with Gasteiger partial charge in [0.25, 0.3) is 0 Å². The molecule has 2 N–H and O–H groups in total. The number of benzene rings is 2. The van der Waals surface area contributed by atoms with Gasteiger partial charge in [-0.25, -0.2) is 0 Å². The fraction of sp³-hybridized carbons (Fsp3) is 0.278. The third kappa shape index (κ3) is 4.58. The molecule has 0 aliphatic carbocycles. The van der Waals surface area contributed by atoms with Gasteiger partial charge in [0.1, 0.15) is 0 Å². The van der Waals surface area contributed by atoms with Gasteiger partial charge in [-0.3, -0.25) is 4.79 Å². The number of carbonyl (C=O) groups is 1. The van der Waals surface area contributed by atoms with Crippen molar-refractivity contribution in [2.75, 3.05) is 6.54 Å². The molecule has 0 saturated carbocycles. The Morgan fingerprint density at radius 3 is 2.55 bits per heavy atom. The highest BCUT2D eigenvalue weighted by Gasteiger charge is 2.17. The summed E-state index contributed by atoms with van der Waals surface area (Å²) in [4.78, 5) is 14.3. The highest BCUT2D eigenvalue weighted by molar-refractivity contribution is 6.30. The van der Waals surface area contributed by atoms with Crippen LogP contribution in [0.3, 0.4) is 0 Å². The van der Waals surface area contributed by atoms with Gasteiger partial charge < -0.3 is 10.6 Å². The summed E-state index contributed by atoms with van der Waals surface area (Å²) in [6, 6.07) is 17.0. The second-order valence-corrected chi connectivity index (χ2v) is 5.70. The summed E-state index contributed by atoms with van der Waals surface area (Å²) < 4.78 is 0. The number of hydrogen-bond acceptors (Lipinski definition) is 2. The van der Waals surface area contributed by atoms with Crippen molar-refractivity contribution in [3.63, 3.8) is 0 Å². The first-order valence-electron chi connectivity index (χ1n) is 7.43. The lowest BCUT2D eigenvalue weighted by Crippen LogP contribution is -2.32. The summed E-state index contributed by atoms with van der Waals surface area (Å²) >= 11 is 5.99. The third-order valence-electron chi connectivity index (χ3n) is 3.62. The number of nitrogens with zero attached hydrogens (tertiary/aromatic N) is 1. The van der Waals surface area contributed by atoms with Crippen molar-refractivity contribution in [3.8, 4) is 0 Å². The zero-order valence-corrected chi connectivity index (χ0v) is 13.5. The molecule has 4 heteroatoms. The lowest BCUT2D eigenvalue weighted by atomic mass is 10.0. The predicted molar refractivity (Wildman–Crippen MR) is 90.5 cm³/mol. The minimum Gasteiger partial charge on any atom is -0.339 e. The van der Waals surface area contributed by atoms with Gasteiger partial charge in [0.15, 0.2) is 0 Å². The smallest absolute Gasteiger partial charge is 0.224 e. The number of rotatable bonds is 6. The number of nitrogens with two attached hydrogens (primary N) is 1. The van der Waals surface area contributed by atoms with Gasteiger partial charge >= 0.3 is 0 Å². The monoisotopic (exact) mass is 316 g/mol. The summed E-state index contributed by atoms with van der Waals surface area (Å²) in [5, 5.41) is 0.682. The van der Waals surface area contributed by atoms with Crippen LogP contribution in [0.1, 0.15) is 30.5 Å². The molecule has 0 spiro atoms. The van der Waals surface area contributed by atoms with Crippen LogP contribution in [0.25, 0.3) is 0 Å². The molecule has 2 aromatic rings. The molecular formula is C18H21ClN2O. The molecule has 1 amide bonds. The molecule has 0 bridgehead atoms. The van der Waals surface area contributed by atoms with Crippen molar-refractivity contribution >= 4 is 17.5 Å². The molecule has 0 saturated heterocycles. The van der Waals surface area contributed by atoms with Crippen LogP contribution in [0.4, 0.5) is 0 Å². The van der Waals surface area contributed by atoms with E-state index in [1.165, 1.54) is 0 Å². The summed E-state index contributed by atoms with van der Waals surface area (Å²) in [7, 11) is 0. The first-order chi connectivity index (χ1) is 10.6. The predicted octanol–water partition coefficient (Wildman–Crippen LogP) is 3.78. The summed E-state index contributed by atoms with van der Waals surface area (Å²) in [5.74, 6) is 0.0545. The van der Waals surface area contributed by atoms with Gasteiger partial charge in [0.05, 0.1) is 0 Å². The number of amides is 1. The van der Waals surface area contributed by atoms with Crippen molar-refractivity contribution in [1.82, 2.24) is 4.90 Å². The van der Waals surface area contributed by atoms with Gasteiger partial charge in [-0.2, -0.15) is 0 Å². The fourth-order valence-electron chi connectivity index (χ4n) is 2.37. The SMILES string of the molecule is CCN(Cc1cccc(Cl)c1)C(=O)CC(N)c1ccccc1. The van der Waals surface area contributed by atoms with E-state index >= 15 is 0 Å². The van der Waals surface area contributed by atoms with E-state index in [0.29, 0.717) is 24.5 Å². The Bertz CT molecular complexity index is 615. The van der Waals surface area contributed by atoms with E-state index in [1.54, 1.807) is 4.90 Å². The standard InChI is InChI=1S/C18H21ClN2O/c1-2-21(13-14-7-6-10-16(19)11-14)18(22)12-17(20)15-8-4-3-5-9-15/h3-11,17H,2,12-13,20H2,1H3. The number of carbonyl (C=O) groups excluding carboxylic acids is 1. The summed E-state index contributed by atoms with van der Waals surface area (Å²) in [5.41, 5.74) is 8.14. The Morgan fingerprint density at radius 1 is 1.18 bits per heavy atom. The van der Waals surface area contributed by atoms with Crippen LogP contribution in [0.2, 0.25) is 5.02 Å². The van der Waals surface area contributed by atoms with Gasteiger partial charge in [0, 0.05) is 30.6 Å². The highest BCUT2D eigenvalue weighted by Crippen LogP contribution is 2.17. The molecule has 3 nitrogen and oxygen atoms in total. The highest BCUT2D eigenvalue weighted by atomic mass is 35.5. The molecule has 0 aromatic heterocycles. The Balaban J connectivity index is 2.00. The lowest BCUT2D eigenvalue weighted by Gasteiger charge is -2.23. The lowest BCUT2D eigenvalue weighted by molar-refractivity contribution is -0.132. The van der Waals surface area contributed by atoms with Crippen LogP contribution in [-0.4, -0.2) is 17.4 Å². The molecule has 0 aliphatic heterocycles. The van der Waals surface area contributed by atoms with Crippen molar-refractivity contribution in [2.45, 2.75) is 25.9 Å². The first kappa shape index (κ1) is 16.5. The Kier molecular flexibility index (Phi) is 5.99. The maximum Gasteiger partial charge on any atom is 0.224 e. The number of halogens is 1. The third-order valence-corrected chi connectivity index (χ3v) is 3.85. The Hall–Kier alpha value is -1.84. The van der Waals surface area contributed by atoms with Crippen LogP contribution in [0, 0.1) is 0 Å². The maximum absolute atomic E-state index is 12.5. The topological polar surface area (TPSA) is 46.3 Å². The van der Waals surface area contributed by atoms with Crippen LogP contribution in [0.15, 0.2) is 54.6 Å². The van der Waals surface area contributed by atoms with Crippen molar-refractivity contribution in [2.24, 2.45) is 5.73 Å². The van der Waals surface area contributed by atoms with E-state index < -0.39 is 0 Å². The minimum absolute atomic E-state index is 0.0545. The van der Waals surface area contributed by atoms with Crippen LogP contribution >= 0.6 is 11.6 Å². The van der Waals surface area contributed by atoms with E-state index in [9.17, 15) is 4.79 Å². The van der Waals surface area contributed by atoms with Crippen molar-refractivity contribution in [1.29, 1.82) is 0 Å². The molecule has 0 radical (unpaired) electrons. The minimum atomic E-state index is -0.276. The number of hydrogen-bond donors (Lipinski definition) is 1. The van der Waals surface area contributed by atoms with Crippen molar-refractivity contribution < 1.29 is 4.79 Å². The second-order valence-electron chi connectivity index (χ2n) is 5.26. The molecule has 0 fully saturated rings. The molecular weight excluding hydrogens is 296 g/mol. The largest absolute Gasteiger partial charge is 0.339 e. The van der Waals surface area contributed by atoms with E-state index in [-0.39, 0.29) is 11.9 Å². The zero-order valence-electron chi connectivity index (χ0n) is 12.7. The quantitative estimate of drug-likeness (QED) is 0.881. The van der Waals surface area contributed by atoms with Crippen LogP contribution in [0.5, 0.6) is 0 Å². The molecule has 2 aromatic carbocycles. The fourth-order valence-corrected chi connectivity index (χ4v) is 2.58. The van der Waals surface area contributed by atoms with E-state index in [0.717, 1.165) is 11.1 Å². The second kappa shape index (κ2) is 7.97. The molecule has 0 heterocycles. The van der Waals surface area contributed by atoms with Crippen LogP contribution < -0.4 is 5.73 Å². The van der Waals surface area contributed by atoms with E-state index in [2.05, 4.69) is 0 Å².